The van der Waals surface area contributed by atoms with Crippen LogP contribution in [0.1, 0.15) is 12.5 Å². The highest BCUT2D eigenvalue weighted by atomic mass is 79.9. The van der Waals surface area contributed by atoms with Crippen molar-refractivity contribution in [3.63, 3.8) is 0 Å². The summed E-state index contributed by atoms with van der Waals surface area (Å²) in [5.41, 5.74) is 1.46. The van der Waals surface area contributed by atoms with Crippen LogP contribution < -0.4 is 0 Å². The number of halogens is 1. The maximum Gasteiger partial charge on any atom is 0.270 e. The third-order valence-electron chi connectivity index (χ3n) is 2.39. The minimum absolute atomic E-state index is 0.0539. The van der Waals surface area contributed by atoms with E-state index in [0.717, 1.165) is 10.9 Å². The third-order valence-corrected chi connectivity index (χ3v) is 3.76. The molecule has 0 fully saturated rings. The van der Waals surface area contributed by atoms with Crippen LogP contribution in [-0.4, -0.2) is 4.92 Å². The zero-order valence-electron chi connectivity index (χ0n) is 10.4. The van der Waals surface area contributed by atoms with Crippen LogP contribution in [-0.2, 0) is 6.42 Å². The quantitative estimate of drug-likeness (QED) is 0.480. The zero-order valence-corrected chi connectivity index (χ0v) is 12.9. The molecule has 19 heavy (non-hydrogen) atoms. The number of rotatable bonds is 2. The lowest BCUT2D eigenvalue weighted by Gasteiger charge is -1.94. The van der Waals surface area contributed by atoms with Crippen molar-refractivity contribution in [3.05, 3.63) is 68.7 Å². The number of thiol groups is 1. The molecule has 0 saturated carbocycles. The molecule has 0 heterocycles. The van der Waals surface area contributed by atoms with E-state index in [0.29, 0.717) is 4.90 Å². The van der Waals surface area contributed by atoms with Gasteiger partial charge in [0, 0.05) is 21.5 Å². The molecule has 0 aliphatic rings. The normalized spacial score (nSPS) is 9.42. The molecule has 0 amide bonds. The van der Waals surface area contributed by atoms with E-state index in [-0.39, 0.29) is 5.69 Å². The maximum absolute atomic E-state index is 10.2. The molecule has 100 valence electrons. The summed E-state index contributed by atoms with van der Waals surface area (Å²) in [4.78, 5) is 10.3. The van der Waals surface area contributed by atoms with E-state index in [1.165, 1.54) is 17.7 Å². The fraction of sp³-hybridized carbons (Fsp3) is 0.143. The molecule has 0 N–H and O–H groups in total. The first-order valence-corrected chi connectivity index (χ1v) is 6.95. The molecule has 2 aromatic carbocycles. The van der Waals surface area contributed by atoms with Crippen LogP contribution in [0.15, 0.2) is 57.9 Å². The van der Waals surface area contributed by atoms with Crippen molar-refractivity contribution in [3.8, 4) is 0 Å². The predicted molar refractivity (Wildman–Crippen MR) is 83.9 cm³/mol. The van der Waals surface area contributed by atoms with Crippen LogP contribution in [0.25, 0.3) is 0 Å². The number of aryl methyl sites for hydroxylation is 1. The SMILES string of the molecule is CCc1ccccc1.O=[N+]([O-])c1ccc(Br)c(S)c1. The van der Waals surface area contributed by atoms with Crippen LogP contribution in [0, 0.1) is 10.1 Å². The lowest BCUT2D eigenvalue weighted by molar-refractivity contribution is -0.385. The van der Waals surface area contributed by atoms with Gasteiger partial charge in [-0.2, -0.15) is 0 Å². The van der Waals surface area contributed by atoms with E-state index >= 15 is 0 Å². The van der Waals surface area contributed by atoms with Crippen LogP contribution in [0.2, 0.25) is 0 Å². The summed E-state index contributed by atoms with van der Waals surface area (Å²) >= 11 is 7.19. The molecule has 0 saturated heterocycles. The Balaban J connectivity index is 0.000000200. The van der Waals surface area contributed by atoms with Crippen molar-refractivity contribution >= 4 is 34.2 Å². The van der Waals surface area contributed by atoms with Gasteiger partial charge in [-0.3, -0.25) is 10.1 Å². The number of non-ortho nitro benzene ring substituents is 1. The van der Waals surface area contributed by atoms with Gasteiger partial charge in [-0.05, 0) is 34.0 Å². The topological polar surface area (TPSA) is 43.1 Å². The van der Waals surface area contributed by atoms with E-state index in [1.807, 2.05) is 6.07 Å². The lowest BCUT2D eigenvalue weighted by Crippen LogP contribution is -1.86. The summed E-state index contributed by atoms with van der Waals surface area (Å²) in [6, 6.07) is 14.9. The summed E-state index contributed by atoms with van der Waals surface area (Å²) < 4.78 is 0.756. The second kappa shape index (κ2) is 7.96. The largest absolute Gasteiger partial charge is 0.270 e. The van der Waals surface area contributed by atoms with Gasteiger partial charge in [-0.15, -0.1) is 12.6 Å². The van der Waals surface area contributed by atoms with Gasteiger partial charge >= 0.3 is 0 Å². The van der Waals surface area contributed by atoms with E-state index in [2.05, 4.69) is 59.7 Å². The fourth-order valence-electron chi connectivity index (χ4n) is 1.33. The molecule has 0 bridgehead atoms. The van der Waals surface area contributed by atoms with Crippen LogP contribution in [0.3, 0.4) is 0 Å². The van der Waals surface area contributed by atoms with Crippen molar-refractivity contribution < 1.29 is 4.92 Å². The Morgan fingerprint density at radius 2 is 1.84 bits per heavy atom. The lowest BCUT2D eigenvalue weighted by atomic mass is 10.2. The Bertz CT molecular complexity index is 546. The number of nitrogens with zero attached hydrogens (tertiary/aromatic N) is 1. The monoisotopic (exact) mass is 339 g/mol. The molecule has 0 aliphatic carbocycles. The molecule has 2 rings (SSSR count). The van der Waals surface area contributed by atoms with Crippen molar-refractivity contribution in [2.24, 2.45) is 0 Å². The van der Waals surface area contributed by atoms with Crippen molar-refractivity contribution in [2.45, 2.75) is 18.2 Å². The highest BCUT2D eigenvalue weighted by Crippen LogP contribution is 2.24. The number of nitro benzene ring substituents is 1. The van der Waals surface area contributed by atoms with Crippen molar-refractivity contribution in [2.75, 3.05) is 0 Å². The van der Waals surface area contributed by atoms with Gasteiger partial charge in [0.15, 0.2) is 0 Å². The molecular formula is C14H14BrNO2S. The molecule has 5 heteroatoms. The minimum Gasteiger partial charge on any atom is -0.258 e. The Kier molecular flexibility index (Phi) is 6.59. The van der Waals surface area contributed by atoms with E-state index < -0.39 is 4.92 Å². The second-order valence-corrected chi connectivity index (χ2v) is 5.07. The molecule has 0 unspecified atom stereocenters. The maximum atomic E-state index is 10.2. The summed E-state index contributed by atoms with van der Waals surface area (Å²) in [6.07, 6.45) is 1.14. The fourth-order valence-corrected chi connectivity index (χ4v) is 1.78. The van der Waals surface area contributed by atoms with Crippen molar-refractivity contribution in [1.29, 1.82) is 0 Å². The molecule has 0 radical (unpaired) electrons. The highest BCUT2D eigenvalue weighted by Gasteiger charge is 2.05. The number of nitro groups is 1. The number of hydrogen-bond acceptors (Lipinski definition) is 3. The summed E-state index contributed by atoms with van der Waals surface area (Å²) in [5.74, 6) is 0. The van der Waals surface area contributed by atoms with E-state index in [4.69, 9.17) is 0 Å². The number of benzene rings is 2. The molecule has 0 atom stereocenters. The van der Waals surface area contributed by atoms with Gasteiger partial charge in [-0.1, -0.05) is 37.3 Å². The summed E-state index contributed by atoms with van der Waals surface area (Å²) in [5, 5.41) is 10.2. The van der Waals surface area contributed by atoms with Crippen molar-refractivity contribution in [1.82, 2.24) is 0 Å². The predicted octanol–water partition coefficient (Wildman–Crippen LogP) is 4.90. The standard InChI is InChI=1S/C8H10.C6H4BrNO2S/c1-2-8-6-4-3-5-7-8;7-5-2-1-4(8(9)10)3-6(5)11/h3-7H,2H2,1H3;1-3,11H. The third kappa shape index (κ3) is 5.44. The van der Waals surface area contributed by atoms with Gasteiger partial charge in [0.05, 0.1) is 4.92 Å². The van der Waals surface area contributed by atoms with E-state index in [1.54, 1.807) is 6.07 Å². The molecule has 2 aromatic rings. The number of hydrogen-bond donors (Lipinski definition) is 1. The average molecular weight is 340 g/mol. The van der Waals surface area contributed by atoms with Gasteiger partial charge < -0.3 is 0 Å². The highest BCUT2D eigenvalue weighted by molar-refractivity contribution is 9.10. The average Bonchev–Trinajstić information content (AvgIpc) is 2.43. The molecule has 0 aromatic heterocycles. The summed E-state index contributed by atoms with van der Waals surface area (Å²) in [7, 11) is 0. The Labute approximate surface area is 126 Å². The zero-order chi connectivity index (χ0) is 14.3. The molecular weight excluding hydrogens is 326 g/mol. The van der Waals surface area contributed by atoms with Gasteiger partial charge in [-0.25, -0.2) is 0 Å². The molecule has 0 spiro atoms. The van der Waals surface area contributed by atoms with Gasteiger partial charge in [0.1, 0.15) is 0 Å². The smallest absolute Gasteiger partial charge is 0.258 e. The second-order valence-electron chi connectivity index (χ2n) is 3.73. The van der Waals surface area contributed by atoms with Crippen LogP contribution in [0.4, 0.5) is 5.69 Å². The van der Waals surface area contributed by atoms with Crippen LogP contribution in [0.5, 0.6) is 0 Å². The van der Waals surface area contributed by atoms with E-state index in [9.17, 15) is 10.1 Å². The van der Waals surface area contributed by atoms with Gasteiger partial charge in [0.25, 0.3) is 5.69 Å². The molecule has 0 aliphatic heterocycles. The Morgan fingerprint density at radius 1 is 1.21 bits per heavy atom. The first kappa shape index (κ1) is 15.7. The summed E-state index contributed by atoms with van der Waals surface area (Å²) in [6.45, 7) is 2.16. The molecule has 3 nitrogen and oxygen atoms in total. The van der Waals surface area contributed by atoms with Crippen LogP contribution >= 0.6 is 28.6 Å². The Morgan fingerprint density at radius 3 is 2.26 bits per heavy atom. The Hall–Kier alpha value is -1.33. The first-order valence-electron chi connectivity index (χ1n) is 5.71. The minimum atomic E-state index is -0.452. The first-order chi connectivity index (χ1) is 9.04. The van der Waals surface area contributed by atoms with Gasteiger partial charge in [0.2, 0.25) is 0 Å².